The zero-order valence-corrected chi connectivity index (χ0v) is 13.6. The van der Waals surface area contributed by atoms with Crippen molar-refractivity contribution in [3.63, 3.8) is 0 Å². The van der Waals surface area contributed by atoms with Gasteiger partial charge in [0.2, 0.25) is 0 Å². The molecule has 1 atom stereocenters. The summed E-state index contributed by atoms with van der Waals surface area (Å²) >= 11 is 0. The largest absolute Gasteiger partial charge is 0.481 e. The smallest absolute Gasteiger partial charge is 0.261 e. The topological polar surface area (TPSA) is 51.2 Å². The number of hydrogen-bond acceptors (Lipinski definition) is 3. The van der Waals surface area contributed by atoms with Gasteiger partial charge in [-0.2, -0.15) is 0 Å². The number of fused-ring (bicyclic) bond motifs is 1. The molecule has 1 heterocycles. The van der Waals surface area contributed by atoms with Crippen LogP contribution in [0.1, 0.15) is 19.0 Å². The van der Waals surface area contributed by atoms with Gasteiger partial charge in [-0.15, -0.1) is 0 Å². The standard InChI is InChI=1S/C20H20N2O2/c1-2-19(20(23)22-14-17-9-5-6-12-21-17)24-18-11-10-15-7-3-4-8-16(15)13-18/h3-13,19H,2,14H2,1H3,(H,22,23)/t19-/m0/s1. The Morgan fingerprint density at radius 1 is 1.08 bits per heavy atom. The summed E-state index contributed by atoms with van der Waals surface area (Å²) < 4.78 is 5.89. The van der Waals surface area contributed by atoms with Crippen molar-refractivity contribution in [2.45, 2.75) is 26.0 Å². The molecule has 0 unspecified atom stereocenters. The van der Waals surface area contributed by atoms with Crippen LogP contribution in [-0.2, 0) is 11.3 Å². The van der Waals surface area contributed by atoms with Gasteiger partial charge in [-0.25, -0.2) is 0 Å². The van der Waals surface area contributed by atoms with Crippen molar-refractivity contribution in [1.29, 1.82) is 0 Å². The molecule has 0 radical (unpaired) electrons. The van der Waals surface area contributed by atoms with Gasteiger partial charge in [0, 0.05) is 6.20 Å². The van der Waals surface area contributed by atoms with Crippen LogP contribution in [0.5, 0.6) is 5.75 Å². The third-order valence-electron chi connectivity index (χ3n) is 3.83. The Hall–Kier alpha value is -2.88. The fraction of sp³-hybridized carbons (Fsp3) is 0.200. The highest BCUT2D eigenvalue weighted by Crippen LogP contribution is 2.22. The van der Waals surface area contributed by atoms with Gasteiger partial charge in [0.25, 0.3) is 5.91 Å². The Balaban J connectivity index is 1.65. The highest BCUT2D eigenvalue weighted by molar-refractivity contribution is 5.84. The molecule has 0 fully saturated rings. The SMILES string of the molecule is CC[C@H](Oc1ccc2ccccc2c1)C(=O)NCc1ccccn1. The van der Waals surface area contributed by atoms with Crippen molar-refractivity contribution in [2.75, 3.05) is 0 Å². The summed E-state index contributed by atoms with van der Waals surface area (Å²) in [5.74, 6) is 0.574. The van der Waals surface area contributed by atoms with Crippen molar-refractivity contribution < 1.29 is 9.53 Å². The maximum atomic E-state index is 12.4. The Kier molecular flexibility index (Phi) is 5.06. The number of aromatic nitrogens is 1. The van der Waals surface area contributed by atoms with E-state index in [0.29, 0.717) is 18.7 Å². The third kappa shape index (κ3) is 3.90. The lowest BCUT2D eigenvalue weighted by Crippen LogP contribution is -2.37. The third-order valence-corrected chi connectivity index (χ3v) is 3.83. The highest BCUT2D eigenvalue weighted by Gasteiger charge is 2.18. The van der Waals surface area contributed by atoms with Gasteiger partial charge in [0.1, 0.15) is 5.75 Å². The van der Waals surface area contributed by atoms with E-state index in [9.17, 15) is 4.79 Å². The summed E-state index contributed by atoms with van der Waals surface area (Å²) in [4.78, 5) is 16.6. The Labute approximate surface area is 141 Å². The summed E-state index contributed by atoms with van der Waals surface area (Å²) in [5, 5.41) is 5.13. The highest BCUT2D eigenvalue weighted by atomic mass is 16.5. The second-order valence-electron chi connectivity index (χ2n) is 5.56. The summed E-state index contributed by atoms with van der Waals surface area (Å²) in [6.07, 6.45) is 1.79. The number of pyridine rings is 1. The van der Waals surface area contributed by atoms with Crippen molar-refractivity contribution in [3.8, 4) is 5.75 Å². The van der Waals surface area contributed by atoms with Gasteiger partial charge in [-0.05, 0) is 41.5 Å². The molecule has 1 amide bonds. The molecule has 24 heavy (non-hydrogen) atoms. The number of carbonyl (C=O) groups excluding carboxylic acids is 1. The molecule has 0 bridgehead atoms. The van der Waals surface area contributed by atoms with Crippen LogP contribution < -0.4 is 10.1 Å². The second-order valence-corrected chi connectivity index (χ2v) is 5.56. The van der Waals surface area contributed by atoms with Crippen LogP contribution in [-0.4, -0.2) is 17.0 Å². The Morgan fingerprint density at radius 2 is 1.88 bits per heavy atom. The quantitative estimate of drug-likeness (QED) is 0.753. The first-order valence-corrected chi connectivity index (χ1v) is 8.09. The van der Waals surface area contributed by atoms with E-state index in [2.05, 4.69) is 16.4 Å². The summed E-state index contributed by atoms with van der Waals surface area (Å²) in [6, 6.07) is 19.6. The van der Waals surface area contributed by atoms with Crippen LogP contribution in [0.15, 0.2) is 66.9 Å². The normalized spacial score (nSPS) is 11.9. The lowest BCUT2D eigenvalue weighted by Gasteiger charge is -2.17. The number of carbonyl (C=O) groups is 1. The van der Waals surface area contributed by atoms with E-state index in [1.807, 2.05) is 61.5 Å². The molecular weight excluding hydrogens is 300 g/mol. The van der Waals surface area contributed by atoms with Crippen LogP contribution in [0, 0.1) is 0 Å². The zero-order valence-electron chi connectivity index (χ0n) is 13.6. The van der Waals surface area contributed by atoms with Crippen molar-refractivity contribution >= 4 is 16.7 Å². The van der Waals surface area contributed by atoms with E-state index in [1.165, 1.54) is 0 Å². The zero-order chi connectivity index (χ0) is 16.8. The molecule has 0 aliphatic rings. The fourth-order valence-corrected chi connectivity index (χ4v) is 2.52. The number of nitrogens with zero attached hydrogens (tertiary/aromatic N) is 1. The summed E-state index contributed by atoms with van der Waals surface area (Å²) in [6.45, 7) is 2.34. The number of benzene rings is 2. The molecule has 4 nitrogen and oxygen atoms in total. The van der Waals surface area contributed by atoms with Crippen molar-refractivity contribution in [2.24, 2.45) is 0 Å². The van der Waals surface area contributed by atoms with Crippen molar-refractivity contribution in [3.05, 3.63) is 72.6 Å². The number of rotatable bonds is 6. The maximum absolute atomic E-state index is 12.4. The fourth-order valence-electron chi connectivity index (χ4n) is 2.52. The van der Waals surface area contributed by atoms with Crippen LogP contribution in [0.25, 0.3) is 10.8 Å². The van der Waals surface area contributed by atoms with E-state index in [-0.39, 0.29) is 5.91 Å². The molecule has 1 aromatic heterocycles. The molecule has 0 saturated heterocycles. The van der Waals surface area contributed by atoms with Gasteiger partial charge >= 0.3 is 0 Å². The monoisotopic (exact) mass is 320 g/mol. The molecule has 0 aliphatic carbocycles. The molecular formula is C20H20N2O2. The van der Waals surface area contributed by atoms with Crippen LogP contribution in [0.4, 0.5) is 0 Å². The van der Waals surface area contributed by atoms with Gasteiger partial charge in [0.05, 0.1) is 12.2 Å². The van der Waals surface area contributed by atoms with Crippen LogP contribution in [0.3, 0.4) is 0 Å². The first-order valence-electron chi connectivity index (χ1n) is 8.09. The van der Waals surface area contributed by atoms with E-state index in [1.54, 1.807) is 6.20 Å². The first kappa shape index (κ1) is 16.0. The van der Waals surface area contributed by atoms with Gasteiger partial charge in [-0.3, -0.25) is 9.78 Å². The summed E-state index contributed by atoms with van der Waals surface area (Å²) in [5.41, 5.74) is 0.825. The number of amides is 1. The second kappa shape index (κ2) is 7.59. The maximum Gasteiger partial charge on any atom is 0.261 e. The van der Waals surface area contributed by atoms with Gasteiger partial charge in [0.15, 0.2) is 6.10 Å². The first-order chi connectivity index (χ1) is 11.8. The average molecular weight is 320 g/mol. The average Bonchev–Trinajstić information content (AvgIpc) is 2.65. The lowest BCUT2D eigenvalue weighted by molar-refractivity contribution is -0.128. The van der Waals surface area contributed by atoms with Gasteiger partial charge < -0.3 is 10.1 Å². The summed E-state index contributed by atoms with van der Waals surface area (Å²) in [7, 11) is 0. The number of hydrogen-bond donors (Lipinski definition) is 1. The Morgan fingerprint density at radius 3 is 2.62 bits per heavy atom. The molecule has 3 rings (SSSR count). The molecule has 0 aliphatic heterocycles. The van der Waals surface area contributed by atoms with Crippen LogP contribution in [0.2, 0.25) is 0 Å². The molecule has 2 aromatic carbocycles. The Bertz CT molecular complexity index is 818. The predicted molar refractivity (Wildman–Crippen MR) is 94.7 cm³/mol. The van der Waals surface area contributed by atoms with Gasteiger partial charge in [-0.1, -0.05) is 43.3 Å². The van der Waals surface area contributed by atoms with E-state index >= 15 is 0 Å². The minimum atomic E-state index is -0.519. The molecule has 1 N–H and O–H groups in total. The van der Waals surface area contributed by atoms with Crippen molar-refractivity contribution in [1.82, 2.24) is 10.3 Å². The molecule has 4 heteroatoms. The minimum Gasteiger partial charge on any atom is -0.481 e. The molecule has 122 valence electrons. The minimum absolute atomic E-state index is 0.128. The molecule has 3 aromatic rings. The lowest BCUT2D eigenvalue weighted by atomic mass is 10.1. The number of nitrogens with one attached hydrogen (secondary N) is 1. The van der Waals surface area contributed by atoms with E-state index < -0.39 is 6.10 Å². The van der Waals surface area contributed by atoms with Crippen LogP contribution >= 0.6 is 0 Å². The molecule has 0 spiro atoms. The number of ether oxygens (including phenoxy) is 1. The van der Waals surface area contributed by atoms with E-state index in [4.69, 9.17) is 4.74 Å². The van der Waals surface area contributed by atoms with E-state index in [0.717, 1.165) is 16.5 Å². The molecule has 0 saturated carbocycles. The predicted octanol–water partition coefficient (Wildman–Crippen LogP) is 3.71.